The number of methoxy groups -OCH3 is 1. The van der Waals surface area contributed by atoms with Crippen LogP contribution in [0.5, 0.6) is 0 Å². The van der Waals surface area contributed by atoms with E-state index in [4.69, 9.17) is 19.7 Å². The van der Waals surface area contributed by atoms with Gasteiger partial charge in [0.1, 0.15) is 18.2 Å². The number of esters is 1. The predicted molar refractivity (Wildman–Crippen MR) is 169 cm³/mol. The van der Waals surface area contributed by atoms with E-state index in [-0.39, 0.29) is 53.4 Å². The lowest BCUT2D eigenvalue weighted by Crippen LogP contribution is -2.59. The van der Waals surface area contributed by atoms with E-state index in [1.807, 2.05) is 0 Å². The first-order valence-electron chi connectivity index (χ1n) is 16.8. The molecule has 2 heterocycles. The van der Waals surface area contributed by atoms with Crippen molar-refractivity contribution in [3.05, 3.63) is 12.7 Å². The SMILES string of the molecule is COC(=O)CC[C@@H](C)C1CC[C@@H]2C1[C@@H](O)C[C@H]1[C@H]2[C@H](O)C[C@@H]2C[C@H](OP(=O)(O)COCCn3cnc4c(N)ncnc43)CC[C@@]21C. The van der Waals surface area contributed by atoms with Crippen molar-refractivity contribution in [2.24, 2.45) is 46.8 Å². The van der Waals surface area contributed by atoms with Gasteiger partial charge in [-0.1, -0.05) is 13.8 Å². The number of carbonyl (C=O) groups is 1. The summed E-state index contributed by atoms with van der Waals surface area (Å²) in [7, 11) is -2.60. The molecule has 3 unspecified atom stereocenters. The van der Waals surface area contributed by atoms with Crippen LogP contribution in [-0.4, -0.2) is 79.0 Å². The highest BCUT2D eigenvalue weighted by molar-refractivity contribution is 7.52. The molecule has 2 aromatic heterocycles. The number of fused-ring (bicyclic) bond motifs is 6. The average Bonchev–Trinajstić information content (AvgIpc) is 3.65. The van der Waals surface area contributed by atoms with E-state index in [1.165, 1.54) is 13.4 Å². The van der Waals surface area contributed by atoms with Gasteiger partial charge in [0.2, 0.25) is 0 Å². The van der Waals surface area contributed by atoms with Gasteiger partial charge in [-0.05, 0) is 98.2 Å². The monoisotopic (exact) mass is 663 g/mol. The molecule has 256 valence electrons. The van der Waals surface area contributed by atoms with Gasteiger partial charge in [0.25, 0.3) is 0 Å². The van der Waals surface area contributed by atoms with Crippen molar-refractivity contribution in [1.82, 2.24) is 19.5 Å². The molecule has 4 fully saturated rings. The van der Waals surface area contributed by atoms with Gasteiger partial charge < -0.3 is 39.4 Å². The quantitative estimate of drug-likeness (QED) is 0.155. The van der Waals surface area contributed by atoms with Gasteiger partial charge in [0.15, 0.2) is 11.5 Å². The molecule has 0 aliphatic heterocycles. The molecule has 4 saturated carbocycles. The number of nitrogen functional groups attached to an aromatic ring is 1. The second kappa shape index (κ2) is 13.4. The fraction of sp³-hybridized carbons (Fsp3) is 0.812. The number of hydrogen-bond acceptors (Lipinski definition) is 11. The molecule has 4 aliphatic rings. The molecule has 13 nitrogen and oxygen atoms in total. The summed E-state index contributed by atoms with van der Waals surface area (Å²) in [6.07, 6.45) is 7.73. The second-order valence-electron chi connectivity index (χ2n) is 14.6. The summed E-state index contributed by atoms with van der Waals surface area (Å²) in [6, 6.07) is 0. The lowest BCUT2D eigenvalue weighted by atomic mass is 9.45. The number of carbonyl (C=O) groups excluding carboxylic acids is 1. The maximum atomic E-state index is 13.0. The maximum Gasteiger partial charge on any atom is 0.353 e. The van der Waals surface area contributed by atoms with Gasteiger partial charge in [-0.25, -0.2) is 15.0 Å². The molecule has 12 atom stereocenters. The molecule has 4 aliphatic carbocycles. The van der Waals surface area contributed by atoms with E-state index in [0.29, 0.717) is 61.6 Å². The molecule has 0 aromatic carbocycles. The Morgan fingerprint density at radius 3 is 2.72 bits per heavy atom. The van der Waals surface area contributed by atoms with Crippen LogP contribution in [0.4, 0.5) is 5.82 Å². The van der Waals surface area contributed by atoms with E-state index in [1.54, 1.807) is 10.9 Å². The van der Waals surface area contributed by atoms with Crippen molar-refractivity contribution < 1.29 is 38.5 Å². The number of hydrogen-bond donors (Lipinski definition) is 4. The standard InChI is InChI=1S/C32H50N5O8P/c1-18(4-7-26(40)43-3)21-5-6-22-27(21)25(39)14-23-28(22)24(38)13-19-12-20(8-9-32(19,23)2)45-46(41,42)17-44-11-10-37-16-36-29-30(33)34-15-35-31(29)37/h15-16,18-25,27-28,38-39H,4-14,17H2,1-3H3,(H,41,42)(H2,33,34,35)/t18-,19+,20-,21?,22-,23+,24-,25+,27?,28+,32+/m1/s1. The van der Waals surface area contributed by atoms with Crippen LogP contribution in [0.3, 0.4) is 0 Å². The number of nitrogens with zero attached hydrogens (tertiary/aromatic N) is 4. The van der Waals surface area contributed by atoms with Crippen LogP contribution in [0.25, 0.3) is 11.2 Å². The summed E-state index contributed by atoms with van der Waals surface area (Å²) in [6.45, 7) is 5.02. The molecular weight excluding hydrogens is 613 g/mol. The molecule has 0 radical (unpaired) electrons. The first-order chi connectivity index (χ1) is 21.9. The fourth-order valence-corrected chi connectivity index (χ4v) is 11.1. The van der Waals surface area contributed by atoms with Gasteiger partial charge in [0, 0.05) is 13.0 Å². The molecule has 2 aromatic rings. The highest BCUT2D eigenvalue weighted by Crippen LogP contribution is 2.65. The summed E-state index contributed by atoms with van der Waals surface area (Å²) < 4.78 is 31.0. The van der Waals surface area contributed by atoms with Gasteiger partial charge in [-0.3, -0.25) is 9.36 Å². The van der Waals surface area contributed by atoms with Crippen LogP contribution in [-0.2, 0) is 29.9 Å². The van der Waals surface area contributed by atoms with Crippen LogP contribution < -0.4 is 5.73 Å². The molecule has 0 bridgehead atoms. The molecule has 0 amide bonds. The van der Waals surface area contributed by atoms with Crippen LogP contribution in [0, 0.1) is 46.8 Å². The molecule has 0 saturated heterocycles. The minimum absolute atomic E-state index is 0.0826. The fourth-order valence-electron chi connectivity index (χ4n) is 10.0. The number of ether oxygens (including phenoxy) is 2. The van der Waals surface area contributed by atoms with E-state index in [9.17, 15) is 24.5 Å². The third kappa shape index (κ3) is 6.48. The summed E-state index contributed by atoms with van der Waals surface area (Å²) in [5, 5.41) is 23.2. The van der Waals surface area contributed by atoms with Gasteiger partial charge in [0.05, 0.1) is 38.4 Å². The number of aliphatic hydroxyl groups excluding tert-OH is 2. The second-order valence-corrected chi connectivity index (χ2v) is 16.4. The first kappa shape index (κ1) is 33.7. The van der Waals surface area contributed by atoms with Crippen LogP contribution >= 0.6 is 7.60 Å². The van der Waals surface area contributed by atoms with Gasteiger partial charge >= 0.3 is 13.6 Å². The Morgan fingerprint density at radius 1 is 1.15 bits per heavy atom. The summed E-state index contributed by atoms with van der Waals surface area (Å²) >= 11 is 0. The van der Waals surface area contributed by atoms with Crippen LogP contribution in [0.15, 0.2) is 12.7 Å². The van der Waals surface area contributed by atoms with E-state index in [0.717, 1.165) is 25.7 Å². The number of aromatic nitrogens is 4. The van der Waals surface area contributed by atoms with E-state index in [2.05, 4.69) is 28.8 Å². The molecule has 0 spiro atoms. The van der Waals surface area contributed by atoms with Crippen molar-refractivity contribution in [1.29, 1.82) is 0 Å². The van der Waals surface area contributed by atoms with Crippen LogP contribution in [0.2, 0.25) is 0 Å². The molecule has 5 N–H and O–H groups in total. The summed E-state index contributed by atoms with van der Waals surface area (Å²) in [5.74, 6) is 1.59. The molecule has 14 heteroatoms. The number of nitrogens with two attached hydrogens (primary N) is 1. The van der Waals surface area contributed by atoms with Crippen molar-refractivity contribution in [2.75, 3.05) is 25.8 Å². The number of rotatable bonds is 11. The molecule has 6 rings (SSSR count). The van der Waals surface area contributed by atoms with Gasteiger partial charge in [-0.15, -0.1) is 0 Å². The predicted octanol–water partition coefficient (Wildman–Crippen LogP) is 3.75. The molecular formula is C32H50N5O8P. The van der Waals surface area contributed by atoms with Gasteiger partial charge in [-0.2, -0.15) is 0 Å². The van der Waals surface area contributed by atoms with E-state index < -0.39 is 32.3 Å². The van der Waals surface area contributed by atoms with Crippen molar-refractivity contribution in [2.45, 2.75) is 96.5 Å². The Kier molecular flexibility index (Phi) is 9.83. The van der Waals surface area contributed by atoms with E-state index >= 15 is 0 Å². The average molecular weight is 664 g/mol. The zero-order chi connectivity index (χ0) is 32.8. The largest absolute Gasteiger partial charge is 0.469 e. The Labute approximate surface area is 270 Å². The number of anilines is 1. The summed E-state index contributed by atoms with van der Waals surface area (Å²) in [4.78, 5) is 34.8. The van der Waals surface area contributed by atoms with Crippen molar-refractivity contribution in [3.8, 4) is 0 Å². The third-order valence-corrected chi connectivity index (χ3v) is 13.4. The number of aliphatic hydroxyl groups is 2. The Hall–Kier alpha value is -2.15. The van der Waals surface area contributed by atoms with Crippen LogP contribution in [0.1, 0.15) is 71.6 Å². The minimum atomic E-state index is -4.02. The smallest absolute Gasteiger partial charge is 0.353 e. The zero-order valence-electron chi connectivity index (χ0n) is 27.1. The Bertz CT molecular complexity index is 1440. The molecule has 46 heavy (non-hydrogen) atoms. The lowest BCUT2D eigenvalue weighted by Gasteiger charge is -2.61. The third-order valence-electron chi connectivity index (χ3n) is 12.3. The Balaban J connectivity index is 1.03. The number of imidazole rings is 1. The van der Waals surface area contributed by atoms with Crippen molar-refractivity contribution in [3.63, 3.8) is 0 Å². The Morgan fingerprint density at radius 2 is 1.93 bits per heavy atom. The van der Waals surface area contributed by atoms with Crippen molar-refractivity contribution >= 4 is 30.5 Å². The summed E-state index contributed by atoms with van der Waals surface area (Å²) in [5.41, 5.74) is 6.83. The first-order valence-corrected chi connectivity index (χ1v) is 18.6. The maximum absolute atomic E-state index is 13.0. The highest BCUT2D eigenvalue weighted by Gasteiger charge is 2.61. The normalized spacial score (nSPS) is 37.6. The highest BCUT2D eigenvalue weighted by atomic mass is 31.2. The topological polar surface area (TPSA) is 192 Å². The minimum Gasteiger partial charge on any atom is -0.469 e. The lowest BCUT2D eigenvalue weighted by molar-refractivity contribution is -0.180. The zero-order valence-corrected chi connectivity index (χ0v) is 28.0.